The summed E-state index contributed by atoms with van der Waals surface area (Å²) in [7, 11) is 0. The van der Waals surface area contributed by atoms with E-state index in [0.717, 1.165) is 54.7 Å². The third-order valence-electron chi connectivity index (χ3n) is 7.67. The van der Waals surface area contributed by atoms with Gasteiger partial charge in [-0.1, -0.05) is 83.9 Å². The van der Waals surface area contributed by atoms with Gasteiger partial charge in [0.25, 0.3) is 0 Å². The molecule has 3 aliphatic rings. The summed E-state index contributed by atoms with van der Waals surface area (Å²) in [6.45, 7) is 0. The molecule has 1 heterocycles. The van der Waals surface area contributed by atoms with Crippen LogP contribution in [0.3, 0.4) is 0 Å². The molecular formula is C30H21Cl4NO2. The maximum absolute atomic E-state index is 13.2. The maximum Gasteiger partial charge on any atom is 0.197 e. The second-order valence-electron chi connectivity index (χ2n) is 9.70. The number of fused-ring (bicyclic) bond motifs is 3. The van der Waals surface area contributed by atoms with E-state index in [1.165, 1.54) is 12.1 Å². The highest BCUT2D eigenvalue weighted by atomic mass is 35.5. The predicted molar refractivity (Wildman–Crippen MR) is 151 cm³/mol. The number of nitrogens with zero attached hydrogens (tertiary/aromatic N) is 1. The molecule has 0 bridgehead atoms. The first-order valence-electron chi connectivity index (χ1n) is 12.2. The minimum absolute atomic E-state index is 0.0971. The molecule has 0 amide bonds. The monoisotopic (exact) mass is 567 g/mol. The highest BCUT2D eigenvalue weighted by Crippen LogP contribution is 2.60. The summed E-state index contributed by atoms with van der Waals surface area (Å²) in [4.78, 5) is 28.6. The van der Waals surface area contributed by atoms with Crippen molar-refractivity contribution in [3.8, 4) is 0 Å². The lowest BCUT2D eigenvalue weighted by molar-refractivity contribution is 0.0988. The van der Waals surface area contributed by atoms with Crippen LogP contribution >= 0.6 is 46.4 Å². The third-order valence-corrected chi connectivity index (χ3v) is 8.90. The Balaban J connectivity index is 1.57. The topological polar surface area (TPSA) is 37.4 Å². The third kappa shape index (κ3) is 3.87. The summed E-state index contributed by atoms with van der Waals surface area (Å²) in [6.07, 6.45) is 8.67. The molecular weight excluding hydrogens is 548 g/mol. The largest absolute Gasteiger partial charge is 0.311 e. The average molecular weight is 569 g/mol. The summed E-state index contributed by atoms with van der Waals surface area (Å²) in [5, 5.41) is 1.65. The van der Waals surface area contributed by atoms with Crippen molar-refractivity contribution in [3.05, 3.63) is 115 Å². The molecule has 186 valence electrons. The molecule has 0 radical (unpaired) electrons. The molecule has 1 aliphatic heterocycles. The van der Waals surface area contributed by atoms with Gasteiger partial charge in [-0.05, 0) is 67.0 Å². The molecule has 2 aliphatic carbocycles. The van der Waals surface area contributed by atoms with E-state index < -0.39 is 0 Å². The number of hydrogen-bond donors (Lipinski definition) is 0. The fourth-order valence-electron chi connectivity index (χ4n) is 6.02. The van der Waals surface area contributed by atoms with Gasteiger partial charge in [-0.15, -0.1) is 0 Å². The number of carbonyl (C=O) groups is 2. The van der Waals surface area contributed by atoms with Crippen LogP contribution in [-0.4, -0.2) is 11.6 Å². The number of Topliss-reactive ketones (excluding diaryl/α,β-unsaturated/α-hetero) is 2. The lowest BCUT2D eigenvalue weighted by Crippen LogP contribution is -2.31. The van der Waals surface area contributed by atoms with Gasteiger partial charge in [-0.2, -0.15) is 0 Å². The van der Waals surface area contributed by atoms with Gasteiger partial charge >= 0.3 is 0 Å². The van der Waals surface area contributed by atoms with E-state index in [2.05, 4.69) is 4.90 Å². The van der Waals surface area contributed by atoms with Crippen molar-refractivity contribution in [1.29, 1.82) is 0 Å². The second-order valence-corrected chi connectivity index (χ2v) is 11.4. The normalized spacial score (nSPS) is 19.1. The lowest BCUT2D eigenvalue weighted by Gasteiger charge is -2.37. The average Bonchev–Trinajstić information content (AvgIpc) is 3.27. The van der Waals surface area contributed by atoms with Crippen molar-refractivity contribution in [3.63, 3.8) is 0 Å². The summed E-state index contributed by atoms with van der Waals surface area (Å²) in [6, 6.07) is 16.7. The van der Waals surface area contributed by atoms with Gasteiger partial charge < -0.3 is 4.90 Å². The molecule has 0 N–H and O–H groups in total. The van der Waals surface area contributed by atoms with Crippen LogP contribution < -0.4 is 4.90 Å². The number of hydrogen-bond acceptors (Lipinski definition) is 3. The number of anilines is 2. The van der Waals surface area contributed by atoms with Gasteiger partial charge in [0.05, 0.1) is 26.3 Å². The molecule has 3 aromatic carbocycles. The van der Waals surface area contributed by atoms with Crippen molar-refractivity contribution in [2.24, 2.45) is 0 Å². The van der Waals surface area contributed by atoms with Crippen molar-refractivity contribution in [2.75, 3.05) is 4.90 Å². The highest BCUT2D eigenvalue weighted by molar-refractivity contribution is 6.45. The molecule has 1 saturated carbocycles. The number of halogens is 4. The van der Waals surface area contributed by atoms with E-state index in [9.17, 15) is 9.59 Å². The van der Waals surface area contributed by atoms with Crippen LogP contribution in [0.4, 0.5) is 11.4 Å². The van der Waals surface area contributed by atoms with Gasteiger partial charge in [-0.3, -0.25) is 9.59 Å². The molecule has 37 heavy (non-hydrogen) atoms. The van der Waals surface area contributed by atoms with Crippen molar-refractivity contribution >= 4 is 69.3 Å². The molecule has 0 atom stereocenters. The summed E-state index contributed by atoms with van der Waals surface area (Å²) < 4.78 is 0. The molecule has 7 heteroatoms. The molecule has 1 spiro atoms. The number of benzene rings is 3. The Morgan fingerprint density at radius 1 is 0.730 bits per heavy atom. The Morgan fingerprint density at radius 3 is 1.97 bits per heavy atom. The number of allylic oxidation sites excluding steroid dienone is 4. The Morgan fingerprint density at radius 2 is 1.35 bits per heavy atom. The molecule has 1 fully saturated rings. The Bertz CT molecular complexity index is 1490. The van der Waals surface area contributed by atoms with Crippen LogP contribution in [-0.2, 0) is 5.41 Å². The minimum atomic E-state index is -0.351. The zero-order valence-corrected chi connectivity index (χ0v) is 22.7. The van der Waals surface area contributed by atoms with Crippen LogP contribution in [0.5, 0.6) is 0 Å². The van der Waals surface area contributed by atoms with Crippen LogP contribution in [0, 0.1) is 0 Å². The first kappa shape index (κ1) is 24.8. The van der Waals surface area contributed by atoms with E-state index >= 15 is 0 Å². The van der Waals surface area contributed by atoms with Crippen molar-refractivity contribution < 1.29 is 9.59 Å². The second kappa shape index (κ2) is 9.32. The smallest absolute Gasteiger partial charge is 0.197 e. The SMILES string of the molecule is O=C1C(=C/C=C2/N(c3ccccc3)c3c(Cl)cc(Cl)cc3C23CCCCC3)C(=O)c2cc(Cl)c(Cl)cc21. The summed E-state index contributed by atoms with van der Waals surface area (Å²) in [5.41, 5.74) is 4.24. The van der Waals surface area contributed by atoms with E-state index in [4.69, 9.17) is 46.4 Å². The van der Waals surface area contributed by atoms with E-state index in [0.29, 0.717) is 10.0 Å². The lowest BCUT2D eigenvalue weighted by atomic mass is 9.68. The first-order chi connectivity index (χ1) is 17.8. The summed E-state index contributed by atoms with van der Waals surface area (Å²) in [5.74, 6) is -0.702. The van der Waals surface area contributed by atoms with E-state index in [1.807, 2.05) is 42.5 Å². The number of carbonyl (C=O) groups excluding carboxylic acids is 2. The van der Waals surface area contributed by atoms with Crippen LogP contribution in [0.2, 0.25) is 20.1 Å². The zero-order chi connectivity index (χ0) is 25.9. The summed E-state index contributed by atoms with van der Waals surface area (Å²) >= 11 is 25.7. The number of ketones is 2. The predicted octanol–water partition coefficient (Wildman–Crippen LogP) is 9.54. The minimum Gasteiger partial charge on any atom is -0.311 e. The highest BCUT2D eigenvalue weighted by Gasteiger charge is 2.49. The number of rotatable bonds is 2. The Hall–Kier alpha value is -2.56. The maximum atomic E-state index is 13.2. The van der Waals surface area contributed by atoms with Crippen LogP contribution in [0.15, 0.2) is 78.0 Å². The zero-order valence-electron chi connectivity index (χ0n) is 19.7. The van der Waals surface area contributed by atoms with E-state index in [-0.39, 0.29) is 43.7 Å². The fourth-order valence-corrected chi connectivity index (χ4v) is 6.93. The first-order valence-corrected chi connectivity index (χ1v) is 13.7. The Kier molecular flexibility index (Phi) is 6.24. The van der Waals surface area contributed by atoms with Gasteiger partial charge in [-0.25, -0.2) is 0 Å². The standard InChI is InChI=1S/C30H21Cl4NO2/c31-17-13-22-27(25(34)14-17)35(18-7-3-1-4-8-18)26(30(22)11-5-2-6-12-30)10-9-19-28(36)20-15-23(32)24(33)16-21(20)29(19)37/h1,3-4,7-10,13-16H,2,5-6,11-12H2/b26-10+. The van der Waals surface area contributed by atoms with Crippen LogP contribution in [0.25, 0.3) is 0 Å². The van der Waals surface area contributed by atoms with Gasteiger partial charge in [0.2, 0.25) is 0 Å². The van der Waals surface area contributed by atoms with Gasteiger partial charge in [0.15, 0.2) is 11.6 Å². The van der Waals surface area contributed by atoms with Crippen molar-refractivity contribution in [2.45, 2.75) is 37.5 Å². The fraction of sp³-hybridized carbons (Fsp3) is 0.200. The quantitative estimate of drug-likeness (QED) is 0.228. The van der Waals surface area contributed by atoms with Crippen molar-refractivity contribution in [1.82, 2.24) is 0 Å². The van der Waals surface area contributed by atoms with Crippen LogP contribution in [0.1, 0.15) is 58.4 Å². The molecule has 3 aromatic rings. The van der Waals surface area contributed by atoms with Gasteiger partial charge in [0, 0.05) is 32.9 Å². The molecule has 0 saturated heterocycles. The van der Waals surface area contributed by atoms with Gasteiger partial charge in [0.1, 0.15) is 0 Å². The molecule has 6 rings (SSSR count). The molecule has 0 unspecified atom stereocenters. The molecule has 0 aromatic heterocycles. The molecule has 3 nitrogen and oxygen atoms in total. The Labute approximate surface area is 235 Å². The number of para-hydroxylation sites is 1. The van der Waals surface area contributed by atoms with E-state index in [1.54, 1.807) is 12.1 Å².